The number of nitrogens with two attached hydrogens (primary N) is 2. The van der Waals surface area contributed by atoms with E-state index in [4.69, 9.17) is 16.2 Å². The van der Waals surface area contributed by atoms with E-state index in [1.807, 2.05) is 12.1 Å². The fourth-order valence-electron chi connectivity index (χ4n) is 1.04. The molecule has 1 rings (SSSR count). The highest BCUT2D eigenvalue weighted by molar-refractivity contribution is 5.76. The third kappa shape index (κ3) is 4.45. The fourth-order valence-corrected chi connectivity index (χ4v) is 1.04. The highest BCUT2D eigenvalue weighted by Gasteiger charge is 1.92. The molecule has 16 heavy (non-hydrogen) atoms. The molecule has 0 fully saturated rings. The van der Waals surface area contributed by atoms with Gasteiger partial charge in [-0.1, -0.05) is 12.1 Å². The Balaban J connectivity index is 2.57. The van der Waals surface area contributed by atoms with Crippen molar-refractivity contribution in [1.82, 2.24) is 0 Å². The molecule has 0 bridgehead atoms. The molecule has 4 N–H and O–H groups in total. The van der Waals surface area contributed by atoms with Crippen LogP contribution in [0.3, 0.4) is 0 Å². The number of benzene rings is 1. The molecular weight excluding hydrogens is 209 g/mol. The van der Waals surface area contributed by atoms with Crippen molar-refractivity contribution in [1.29, 1.82) is 0 Å². The lowest BCUT2D eigenvalue weighted by atomic mass is 10.2. The van der Waals surface area contributed by atoms with Gasteiger partial charge in [0.05, 0.1) is 0 Å². The monoisotopic (exact) mass is 223 g/mol. The first-order chi connectivity index (χ1) is 7.72. The molecule has 0 aliphatic carbocycles. The summed E-state index contributed by atoms with van der Waals surface area (Å²) in [6.45, 7) is -0.421. The molecular formula is C11H14FN3O. The van der Waals surface area contributed by atoms with Crippen LogP contribution in [0.1, 0.15) is 5.56 Å². The third-order valence-electron chi connectivity index (χ3n) is 1.72. The minimum absolute atomic E-state index is 0.0131. The number of rotatable bonds is 5. The first-order valence-corrected chi connectivity index (χ1v) is 4.76. The van der Waals surface area contributed by atoms with Crippen LogP contribution in [-0.2, 0) is 0 Å². The van der Waals surface area contributed by atoms with Crippen molar-refractivity contribution in [2.45, 2.75) is 0 Å². The van der Waals surface area contributed by atoms with Gasteiger partial charge >= 0.3 is 0 Å². The van der Waals surface area contributed by atoms with Crippen LogP contribution in [0.25, 0.3) is 6.08 Å². The summed E-state index contributed by atoms with van der Waals surface area (Å²) in [6, 6.07) is 7.16. The quantitative estimate of drug-likeness (QED) is 0.583. The zero-order valence-electron chi connectivity index (χ0n) is 8.77. The Kier molecular flexibility index (Phi) is 4.85. The number of aliphatic imine (C=N–C) groups is 1. The summed E-state index contributed by atoms with van der Waals surface area (Å²) in [5, 5.41) is 0. The smallest absolute Gasteiger partial charge is 0.190 e. The zero-order chi connectivity index (χ0) is 11.8. The standard InChI is InChI=1S/C11H14FN3O/c12-6-8-16-10-3-1-9(2-4-10)5-7-15-11(13)14/h1-5,7H,6,8H2,(H4,13,14,15). The number of guanidine groups is 1. The second-order valence-corrected chi connectivity index (χ2v) is 2.98. The molecule has 0 saturated carbocycles. The Morgan fingerprint density at radius 1 is 1.31 bits per heavy atom. The topological polar surface area (TPSA) is 73.6 Å². The van der Waals surface area contributed by atoms with E-state index in [0.717, 1.165) is 5.56 Å². The summed E-state index contributed by atoms with van der Waals surface area (Å²) < 4.78 is 16.9. The van der Waals surface area contributed by atoms with Gasteiger partial charge in [-0.25, -0.2) is 9.38 Å². The molecule has 0 aliphatic rings. The lowest BCUT2D eigenvalue weighted by Crippen LogP contribution is -2.21. The normalized spacial score (nSPS) is 10.3. The van der Waals surface area contributed by atoms with Crippen molar-refractivity contribution in [2.75, 3.05) is 13.3 Å². The number of ether oxygens (including phenoxy) is 1. The molecule has 0 heterocycles. The Labute approximate surface area is 93.4 Å². The number of nitrogens with zero attached hydrogens (tertiary/aromatic N) is 1. The molecule has 0 amide bonds. The van der Waals surface area contributed by atoms with E-state index < -0.39 is 6.67 Å². The Morgan fingerprint density at radius 2 is 2.00 bits per heavy atom. The van der Waals surface area contributed by atoms with Crippen LogP contribution >= 0.6 is 0 Å². The predicted molar refractivity (Wildman–Crippen MR) is 62.8 cm³/mol. The minimum Gasteiger partial charge on any atom is -0.491 e. The molecule has 0 aromatic heterocycles. The number of halogens is 1. The van der Waals surface area contributed by atoms with Gasteiger partial charge < -0.3 is 16.2 Å². The summed E-state index contributed by atoms with van der Waals surface area (Å²) >= 11 is 0. The van der Waals surface area contributed by atoms with E-state index in [2.05, 4.69) is 4.99 Å². The second kappa shape index (κ2) is 6.44. The van der Waals surface area contributed by atoms with E-state index in [0.29, 0.717) is 5.75 Å². The molecule has 4 nitrogen and oxygen atoms in total. The van der Waals surface area contributed by atoms with Gasteiger partial charge in [0.1, 0.15) is 19.0 Å². The Hall–Kier alpha value is -2.04. The molecule has 0 radical (unpaired) electrons. The van der Waals surface area contributed by atoms with E-state index in [9.17, 15) is 4.39 Å². The average molecular weight is 223 g/mol. The number of hydrogen-bond donors (Lipinski definition) is 2. The largest absolute Gasteiger partial charge is 0.491 e. The molecule has 1 aromatic rings. The molecule has 0 aliphatic heterocycles. The van der Waals surface area contributed by atoms with Gasteiger partial charge in [-0.05, 0) is 23.8 Å². The lowest BCUT2D eigenvalue weighted by Gasteiger charge is -2.02. The van der Waals surface area contributed by atoms with Gasteiger partial charge in [0.25, 0.3) is 0 Å². The predicted octanol–water partition coefficient (Wildman–Crippen LogP) is 1.28. The molecule has 0 spiro atoms. The van der Waals surface area contributed by atoms with E-state index in [1.165, 1.54) is 6.20 Å². The zero-order valence-corrected chi connectivity index (χ0v) is 8.77. The van der Waals surface area contributed by atoms with Gasteiger partial charge in [0, 0.05) is 6.20 Å². The Morgan fingerprint density at radius 3 is 2.56 bits per heavy atom. The van der Waals surface area contributed by atoms with Crippen LogP contribution in [0, 0.1) is 0 Å². The van der Waals surface area contributed by atoms with Gasteiger partial charge in [-0.15, -0.1) is 0 Å². The molecule has 0 unspecified atom stereocenters. The van der Waals surface area contributed by atoms with Crippen LogP contribution < -0.4 is 16.2 Å². The maximum absolute atomic E-state index is 11.8. The molecule has 0 saturated heterocycles. The molecule has 5 heteroatoms. The summed E-state index contributed by atoms with van der Waals surface area (Å²) in [5.41, 5.74) is 11.2. The van der Waals surface area contributed by atoms with E-state index in [1.54, 1.807) is 18.2 Å². The summed E-state index contributed by atoms with van der Waals surface area (Å²) in [7, 11) is 0. The third-order valence-corrected chi connectivity index (χ3v) is 1.72. The van der Waals surface area contributed by atoms with E-state index in [-0.39, 0.29) is 12.6 Å². The highest BCUT2D eigenvalue weighted by atomic mass is 19.1. The van der Waals surface area contributed by atoms with Crippen LogP contribution in [0.5, 0.6) is 5.75 Å². The van der Waals surface area contributed by atoms with Crippen LogP contribution in [0.4, 0.5) is 4.39 Å². The maximum Gasteiger partial charge on any atom is 0.190 e. The van der Waals surface area contributed by atoms with Crippen LogP contribution in [0.15, 0.2) is 35.5 Å². The average Bonchev–Trinajstić information content (AvgIpc) is 2.27. The van der Waals surface area contributed by atoms with Crippen molar-refractivity contribution in [3.8, 4) is 5.75 Å². The van der Waals surface area contributed by atoms with Gasteiger partial charge in [-0.2, -0.15) is 0 Å². The van der Waals surface area contributed by atoms with Gasteiger partial charge in [0.15, 0.2) is 5.96 Å². The lowest BCUT2D eigenvalue weighted by molar-refractivity contribution is 0.273. The van der Waals surface area contributed by atoms with Gasteiger partial charge in [-0.3, -0.25) is 0 Å². The SMILES string of the molecule is NC(N)=NC=Cc1ccc(OCCF)cc1. The second-order valence-electron chi connectivity index (χ2n) is 2.98. The van der Waals surface area contributed by atoms with Gasteiger partial charge in [0.2, 0.25) is 0 Å². The maximum atomic E-state index is 11.8. The Bertz CT molecular complexity index is 369. The number of hydrogen-bond acceptors (Lipinski definition) is 2. The minimum atomic E-state index is -0.494. The van der Waals surface area contributed by atoms with Crippen molar-refractivity contribution >= 4 is 12.0 Å². The van der Waals surface area contributed by atoms with Crippen molar-refractivity contribution in [3.63, 3.8) is 0 Å². The first-order valence-electron chi connectivity index (χ1n) is 4.76. The summed E-state index contributed by atoms with van der Waals surface area (Å²) in [4.78, 5) is 3.70. The van der Waals surface area contributed by atoms with Crippen molar-refractivity contribution in [2.24, 2.45) is 16.5 Å². The highest BCUT2D eigenvalue weighted by Crippen LogP contribution is 2.13. The fraction of sp³-hybridized carbons (Fsp3) is 0.182. The first kappa shape index (κ1) is 12.0. The molecule has 1 aromatic carbocycles. The van der Waals surface area contributed by atoms with Crippen molar-refractivity contribution < 1.29 is 9.13 Å². The molecule has 0 atom stereocenters. The number of alkyl halides is 1. The van der Waals surface area contributed by atoms with Crippen LogP contribution in [0.2, 0.25) is 0 Å². The summed E-state index contributed by atoms with van der Waals surface area (Å²) in [5.74, 6) is 0.649. The summed E-state index contributed by atoms with van der Waals surface area (Å²) in [6.07, 6.45) is 3.26. The van der Waals surface area contributed by atoms with Crippen LogP contribution in [-0.4, -0.2) is 19.2 Å². The van der Waals surface area contributed by atoms with E-state index >= 15 is 0 Å². The molecule has 86 valence electrons. The van der Waals surface area contributed by atoms with Crippen molar-refractivity contribution in [3.05, 3.63) is 36.0 Å².